The first-order valence-electron chi connectivity index (χ1n) is 23.6. The fourth-order valence-corrected chi connectivity index (χ4v) is 11.4. The summed E-state index contributed by atoms with van der Waals surface area (Å²) in [7, 11) is -1.93. The van der Waals surface area contributed by atoms with Gasteiger partial charge in [0.1, 0.15) is 69.6 Å². The summed E-state index contributed by atoms with van der Waals surface area (Å²) in [5, 5.41) is 45.3. The van der Waals surface area contributed by atoms with Gasteiger partial charge in [-0.15, -0.1) is 20.4 Å². The zero-order chi connectivity index (χ0) is 54.1. The van der Waals surface area contributed by atoms with Crippen molar-refractivity contribution in [3.05, 3.63) is 156 Å². The second-order valence-electron chi connectivity index (χ2n) is 17.5. The summed E-state index contributed by atoms with van der Waals surface area (Å²) in [6, 6.07) is 31.4. The predicted octanol–water partition coefficient (Wildman–Crippen LogP) is 7.08. The maximum atomic E-state index is 13.7. The van der Waals surface area contributed by atoms with E-state index in [2.05, 4.69) is 30.6 Å². The van der Waals surface area contributed by atoms with Crippen LogP contribution in [0, 0.1) is 13.8 Å². The third-order valence-corrected chi connectivity index (χ3v) is 16.9. The molecule has 0 radical (unpaired) electrons. The van der Waals surface area contributed by atoms with Crippen molar-refractivity contribution in [1.29, 1.82) is 0 Å². The van der Waals surface area contributed by atoms with E-state index >= 15 is 0 Å². The molecule has 0 aliphatic heterocycles. The first-order chi connectivity index (χ1) is 36.5. The van der Waals surface area contributed by atoms with E-state index in [-0.39, 0.29) is 23.3 Å². The van der Waals surface area contributed by atoms with Crippen LogP contribution in [0.25, 0.3) is 45.6 Å². The number of hydrogen-bond acceptors (Lipinski definition) is 18. The van der Waals surface area contributed by atoms with Gasteiger partial charge in [-0.3, -0.25) is 9.13 Å². The number of nitrogens with zero attached hydrogens (tertiary/aromatic N) is 10. The van der Waals surface area contributed by atoms with Gasteiger partial charge in [0, 0.05) is 12.4 Å². The molecule has 396 valence electrons. The number of aromatic nitrogens is 10. The molecule has 2 aromatic carbocycles. The number of pyridine rings is 2. The average Bonchev–Trinajstić information content (AvgIpc) is 4.32. The minimum atomic E-state index is -3.97. The topological polar surface area (TPSA) is 268 Å². The Hall–Kier alpha value is -8.32. The Balaban J connectivity index is 0.000000186. The molecule has 10 aromatic rings. The highest BCUT2D eigenvalue weighted by Gasteiger charge is 2.36. The average molecular weight is 1080 g/mol. The van der Waals surface area contributed by atoms with Crippen LogP contribution in [0.1, 0.15) is 60.6 Å². The first-order valence-corrected chi connectivity index (χ1v) is 27.0. The van der Waals surface area contributed by atoms with E-state index in [0.29, 0.717) is 68.8 Å². The number of furan rings is 2. The summed E-state index contributed by atoms with van der Waals surface area (Å²) in [5.41, 5.74) is 3.06. The number of methoxy groups -OCH3 is 4. The molecule has 0 unspecified atom stereocenters. The SMILES string of the molecule is COc1cccc(OC)c1-n1c(CS(=O)(=O)[C@@H](C)[C@H](O)c2cccc3ccnn23)nnc1-c1ccc(C)o1.COc1cccc(OC)c1-n1c(CS(=O)(=O)[C@H](C)[C@@H](O)c2cccc3ccnn23)nnc1-c1ccc(C)o1. The molecule has 0 aliphatic rings. The normalized spacial score (nSPS) is 13.5. The first kappa shape index (κ1) is 52.5. The molecule has 0 fully saturated rings. The highest BCUT2D eigenvalue weighted by atomic mass is 32.2. The maximum Gasteiger partial charge on any atom is 0.204 e. The lowest BCUT2D eigenvalue weighted by Gasteiger charge is -2.21. The number of hydrogen-bond donors (Lipinski definition) is 2. The predicted molar refractivity (Wildman–Crippen MR) is 278 cm³/mol. The molecule has 0 bridgehead atoms. The van der Waals surface area contributed by atoms with Gasteiger partial charge < -0.3 is 38.0 Å². The number of fused-ring (bicyclic) bond motifs is 2. The number of sulfone groups is 2. The van der Waals surface area contributed by atoms with Gasteiger partial charge in [0.2, 0.25) is 11.6 Å². The fraction of sp³-hybridized carbons (Fsp3) is 0.269. The minimum absolute atomic E-state index is 0.105. The molecule has 0 saturated heterocycles. The van der Waals surface area contributed by atoms with E-state index in [1.54, 1.807) is 132 Å². The van der Waals surface area contributed by atoms with Crippen LogP contribution in [0.15, 0.2) is 130 Å². The number of para-hydroxylation sites is 2. The Labute approximate surface area is 436 Å². The van der Waals surface area contributed by atoms with Crippen LogP contribution in [0.2, 0.25) is 0 Å². The molecule has 8 aromatic heterocycles. The fourth-order valence-electron chi connectivity index (χ4n) is 8.71. The largest absolute Gasteiger partial charge is 0.494 e. The van der Waals surface area contributed by atoms with Gasteiger partial charge in [0.15, 0.2) is 42.8 Å². The van der Waals surface area contributed by atoms with Gasteiger partial charge in [-0.05, 0) is 113 Å². The smallest absolute Gasteiger partial charge is 0.204 e. The second kappa shape index (κ2) is 21.5. The van der Waals surface area contributed by atoms with E-state index in [1.165, 1.54) is 51.3 Å². The van der Waals surface area contributed by atoms with Crippen LogP contribution in [0.4, 0.5) is 0 Å². The van der Waals surface area contributed by atoms with Gasteiger partial charge in [0.05, 0.1) is 61.4 Å². The van der Waals surface area contributed by atoms with Crippen LogP contribution < -0.4 is 18.9 Å². The number of aryl methyl sites for hydroxylation is 2. The Morgan fingerprint density at radius 2 is 0.855 bits per heavy atom. The lowest BCUT2D eigenvalue weighted by atomic mass is 10.2. The standard InChI is InChI=1S/2C26H27N5O6S/c2*1-16-11-12-22(37-16)26-29-28-23(30(26)24-20(35-3)9-6-10-21(24)36-4)15-38(33,34)17(2)25(32)19-8-5-7-18-13-14-27-31(18)19/h2*5-14,17,25,32H,15H2,1-4H3/t2*17-,25-/m10/s1. The van der Waals surface area contributed by atoms with E-state index in [9.17, 15) is 27.0 Å². The number of aliphatic hydroxyl groups is 2. The van der Waals surface area contributed by atoms with Crippen LogP contribution >= 0.6 is 0 Å². The van der Waals surface area contributed by atoms with Crippen molar-refractivity contribution in [3.8, 4) is 57.5 Å². The molecule has 76 heavy (non-hydrogen) atoms. The van der Waals surface area contributed by atoms with E-state index in [4.69, 9.17) is 27.8 Å². The summed E-state index contributed by atoms with van der Waals surface area (Å²) in [4.78, 5) is 0. The highest BCUT2D eigenvalue weighted by molar-refractivity contribution is 7.91. The van der Waals surface area contributed by atoms with Gasteiger partial charge in [-0.25, -0.2) is 25.9 Å². The Morgan fingerprint density at radius 1 is 0.500 bits per heavy atom. The van der Waals surface area contributed by atoms with Crippen molar-refractivity contribution in [3.63, 3.8) is 0 Å². The molecular formula is C52H54N10O12S2. The Bertz CT molecular complexity index is 3620. The molecule has 22 nitrogen and oxygen atoms in total. The quantitative estimate of drug-likeness (QED) is 0.0869. The third-order valence-electron chi connectivity index (χ3n) is 12.8. The van der Waals surface area contributed by atoms with E-state index in [1.807, 2.05) is 12.1 Å². The monoisotopic (exact) mass is 1070 g/mol. The van der Waals surface area contributed by atoms with Crippen molar-refractivity contribution in [2.24, 2.45) is 0 Å². The van der Waals surface area contributed by atoms with Gasteiger partial charge in [-0.2, -0.15) is 10.2 Å². The molecule has 2 N–H and O–H groups in total. The summed E-state index contributed by atoms with van der Waals surface area (Å²) in [5.74, 6) is 3.51. The summed E-state index contributed by atoms with van der Waals surface area (Å²) >= 11 is 0. The Morgan fingerprint density at radius 3 is 1.18 bits per heavy atom. The zero-order valence-corrected chi connectivity index (χ0v) is 44.2. The summed E-state index contributed by atoms with van der Waals surface area (Å²) in [6.07, 6.45) is 0.498. The van der Waals surface area contributed by atoms with Crippen molar-refractivity contribution >= 4 is 30.7 Å². The molecule has 0 aliphatic carbocycles. The van der Waals surface area contributed by atoms with Crippen molar-refractivity contribution in [1.82, 2.24) is 48.8 Å². The second-order valence-corrected chi connectivity index (χ2v) is 22.3. The summed E-state index contributed by atoms with van der Waals surface area (Å²) < 4.78 is 94.8. The summed E-state index contributed by atoms with van der Waals surface area (Å²) in [6.45, 7) is 6.51. The third kappa shape index (κ3) is 10.0. The lowest BCUT2D eigenvalue weighted by Crippen LogP contribution is -2.29. The van der Waals surface area contributed by atoms with Crippen LogP contribution in [-0.2, 0) is 31.2 Å². The van der Waals surface area contributed by atoms with Gasteiger partial charge in [-0.1, -0.05) is 24.3 Å². The molecule has 0 amide bonds. The van der Waals surface area contributed by atoms with Crippen molar-refractivity contribution in [2.45, 2.75) is 61.9 Å². The van der Waals surface area contributed by atoms with Gasteiger partial charge >= 0.3 is 0 Å². The number of benzene rings is 2. The van der Waals surface area contributed by atoms with Crippen molar-refractivity contribution < 1.29 is 54.8 Å². The molecule has 4 atom stereocenters. The number of ether oxygens (including phenoxy) is 4. The molecule has 0 spiro atoms. The van der Waals surface area contributed by atoms with Crippen LogP contribution in [0.5, 0.6) is 23.0 Å². The number of aliphatic hydroxyl groups excluding tert-OH is 2. The molecule has 10 rings (SSSR count). The number of rotatable bonds is 18. The Kier molecular flexibility index (Phi) is 14.9. The highest BCUT2D eigenvalue weighted by Crippen LogP contribution is 2.40. The van der Waals surface area contributed by atoms with E-state index < -0.39 is 53.9 Å². The molecule has 8 heterocycles. The zero-order valence-electron chi connectivity index (χ0n) is 42.5. The van der Waals surface area contributed by atoms with E-state index in [0.717, 1.165) is 11.0 Å². The molecule has 24 heteroatoms. The maximum absolute atomic E-state index is 13.7. The minimum Gasteiger partial charge on any atom is -0.494 e. The van der Waals surface area contributed by atoms with Crippen molar-refractivity contribution in [2.75, 3.05) is 28.4 Å². The lowest BCUT2D eigenvalue weighted by molar-refractivity contribution is 0.168. The van der Waals surface area contributed by atoms with Crippen LogP contribution in [-0.4, -0.2) is 115 Å². The molecule has 0 saturated carbocycles. The van der Waals surface area contributed by atoms with Crippen LogP contribution in [0.3, 0.4) is 0 Å². The molecular weight excluding hydrogens is 1020 g/mol. The van der Waals surface area contributed by atoms with Gasteiger partial charge in [0.25, 0.3) is 0 Å².